The zero-order valence-corrected chi connectivity index (χ0v) is 9.02. The third kappa shape index (κ3) is 4.41. The summed E-state index contributed by atoms with van der Waals surface area (Å²) in [6.07, 6.45) is 1.97. The van der Waals surface area contributed by atoms with E-state index in [4.69, 9.17) is 4.74 Å². The molecular formula is C9H17NO2S. The third-order valence-corrected chi connectivity index (χ3v) is 3.04. The summed E-state index contributed by atoms with van der Waals surface area (Å²) >= 11 is 1.89. The molecule has 1 aliphatic rings. The minimum atomic E-state index is -0.275. The van der Waals surface area contributed by atoms with Crippen LogP contribution in [0.15, 0.2) is 0 Å². The van der Waals surface area contributed by atoms with Gasteiger partial charge in [0, 0.05) is 11.8 Å². The Labute approximate surface area is 83.6 Å². The van der Waals surface area contributed by atoms with E-state index in [-0.39, 0.29) is 12.2 Å². The monoisotopic (exact) mass is 203 g/mol. The quantitative estimate of drug-likeness (QED) is 0.746. The Balaban J connectivity index is 2.18. The van der Waals surface area contributed by atoms with Crippen LogP contribution in [0, 0.1) is 0 Å². The molecule has 0 spiro atoms. The number of carbonyl (C=O) groups excluding carboxylic acids is 1. The summed E-state index contributed by atoms with van der Waals surface area (Å²) in [7, 11) is 0. The Morgan fingerprint density at radius 3 is 2.92 bits per heavy atom. The first-order valence-corrected chi connectivity index (χ1v) is 5.89. The van der Waals surface area contributed by atoms with Gasteiger partial charge in [-0.05, 0) is 32.4 Å². The molecule has 13 heavy (non-hydrogen) atoms. The molecule has 4 heteroatoms. The van der Waals surface area contributed by atoms with Gasteiger partial charge in [0.25, 0.3) is 0 Å². The van der Waals surface area contributed by atoms with E-state index in [2.05, 4.69) is 5.32 Å². The molecule has 1 amide bonds. The number of hydrogen-bond acceptors (Lipinski definition) is 3. The molecule has 1 saturated heterocycles. The van der Waals surface area contributed by atoms with E-state index >= 15 is 0 Å². The largest absolute Gasteiger partial charge is 0.447 e. The maximum absolute atomic E-state index is 11.2. The lowest BCUT2D eigenvalue weighted by Crippen LogP contribution is -2.39. The number of thioether (sulfide) groups is 1. The van der Waals surface area contributed by atoms with Crippen LogP contribution in [0.25, 0.3) is 0 Å². The van der Waals surface area contributed by atoms with E-state index in [0.717, 1.165) is 12.2 Å². The summed E-state index contributed by atoms with van der Waals surface area (Å²) < 4.78 is 4.99. The maximum atomic E-state index is 11.2. The Hall–Kier alpha value is -0.380. The van der Waals surface area contributed by atoms with Crippen LogP contribution in [0.5, 0.6) is 0 Å². The molecule has 0 bridgehead atoms. The third-order valence-electron chi connectivity index (χ3n) is 1.83. The van der Waals surface area contributed by atoms with Crippen molar-refractivity contribution < 1.29 is 9.53 Å². The lowest BCUT2D eigenvalue weighted by Gasteiger charge is -2.22. The molecule has 1 aliphatic heterocycles. The molecule has 1 fully saturated rings. The minimum Gasteiger partial charge on any atom is -0.447 e. The van der Waals surface area contributed by atoms with Crippen LogP contribution in [-0.2, 0) is 4.74 Å². The van der Waals surface area contributed by atoms with Crippen LogP contribution in [-0.4, -0.2) is 29.7 Å². The average molecular weight is 203 g/mol. The van der Waals surface area contributed by atoms with Gasteiger partial charge in [0.15, 0.2) is 0 Å². The van der Waals surface area contributed by atoms with Crippen LogP contribution in [0.4, 0.5) is 4.79 Å². The van der Waals surface area contributed by atoms with Crippen molar-refractivity contribution in [2.75, 3.05) is 11.5 Å². The van der Waals surface area contributed by atoms with Crippen LogP contribution in [0.3, 0.4) is 0 Å². The Morgan fingerprint density at radius 1 is 1.62 bits per heavy atom. The van der Waals surface area contributed by atoms with Crippen molar-refractivity contribution in [2.24, 2.45) is 0 Å². The van der Waals surface area contributed by atoms with Gasteiger partial charge in [-0.2, -0.15) is 11.8 Å². The molecule has 1 N–H and O–H groups in total. The molecule has 1 rings (SSSR count). The van der Waals surface area contributed by atoms with Gasteiger partial charge >= 0.3 is 6.09 Å². The van der Waals surface area contributed by atoms with Crippen molar-refractivity contribution in [1.82, 2.24) is 5.32 Å². The van der Waals surface area contributed by atoms with Crippen molar-refractivity contribution in [3.63, 3.8) is 0 Å². The van der Waals surface area contributed by atoms with Crippen LogP contribution in [0.1, 0.15) is 26.7 Å². The van der Waals surface area contributed by atoms with Crippen molar-refractivity contribution in [1.29, 1.82) is 0 Å². The van der Waals surface area contributed by atoms with E-state index < -0.39 is 0 Å². The molecule has 0 radical (unpaired) electrons. The van der Waals surface area contributed by atoms with Gasteiger partial charge in [-0.25, -0.2) is 4.79 Å². The van der Waals surface area contributed by atoms with Gasteiger partial charge in [-0.1, -0.05) is 0 Å². The smallest absolute Gasteiger partial charge is 0.407 e. The molecular weight excluding hydrogens is 186 g/mol. The molecule has 1 heterocycles. The first-order valence-electron chi connectivity index (χ1n) is 4.73. The number of carbonyl (C=O) groups is 1. The van der Waals surface area contributed by atoms with Crippen molar-refractivity contribution in [3.05, 3.63) is 0 Å². The predicted molar refractivity (Wildman–Crippen MR) is 55.1 cm³/mol. The minimum absolute atomic E-state index is 0.0313. The van der Waals surface area contributed by atoms with Gasteiger partial charge in [0.2, 0.25) is 0 Å². The number of amides is 1. The normalized spacial score (nSPS) is 22.8. The van der Waals surface area contributed by atoms with Crippen molar-refractivity contribution in [3.8, 4) is 0 Å². The van der Waals surface area contributed by atoms with Crippen LogP contribution in [0.2, 0.25) is 0 Å². The lowest BCUT2D eigenvalue weighted by atomic mass is 10.2. The summed E-state index contributed by atoms with van der Waals surface area (Å²) in [5, 5.41) is 2.87. The number of nitrogens with one attached hydrogen (secondary N) is 1. The second-order valence-electron chi connectivity index (χ2n) is 3.51. The average Bonchev–Trinajstić information content (AvgIpc) is 2.04. The zero-order valence-electron chi connectivity index (χ0n) is 8.21. The Bertz CT molecular complexity index is 167. The molecule has 0 aromatic heterocycles. The maximum Gasteiger partial charge on any atom is 0.407 e. The predicted octanol–water partition coefficient (Wildman–Crippen LogP) is 2.02. The highest BCUT2D eigenvalue weighted by Gasteiger charge is 2.16. The van der Waals surface area contributed by atoms with Gasteiger partial charge < -0.3 is 10.1 Å². The zero-order chi connectivity index (χ0) is 9.68. The van der Waals surface area contributed by atoms with Crippen LogP contribution >= 0.6 is 11.8 Å². The number of ether oxygens (including phenoxy) is 1. The fraction of sp³-hybridized carbons (Fsp3) is 0.889. The molecule has 3 nitrogen and oxygen atoms in total. The molecule has 0 aliphatic carbocycles. The lowest BCUT2D eigenvalue weighted by molar-refractivity contribution is 0.112. The molecule has 0 saturated carbocycles. The Kier molecular flexibility index (Phi) is 4.42. The van der Waals surface area contributed by atoms with Gasteiger partial charge in [0.1, 0.15) is 0 Å². The summed E-state index contributed by atoms with van der Waals surface area (Å²) in [5.41, 5.74) is 0. The van der Waals surface area contributed by atoms with Crippen molar-refractivity contribution >= 4 is 17.9 Å². The summed E-state index contributed by atoms with van der Waals surface area (Å²) in [6.45, 7) is 3.71. The standard InChI is InChI=1S/C9H17NO2S/c1-7(2)12-9(11)10-8-4-3-5-13-6-8/h7-8H,3-6H2,1-2H3,(H,10,11). The second kappa shape index (κ2) is 5.37. The molecule has 0 aromatic carbocycles. The Morgan fingerprint density at radius 2 is 2.38 bits per heavy atom. The molecule has 1 atom stereocenters. The topological polar surface area (TPSA) is 38.3 Å². The first-order chi connectivity index (χ1) is 6.18. The van der Waals surface area contributed by atoms with E-state index in [1.165, 1.54) is 12.2 Å². The molecule has 76 valence electrons. The van der Waals surface area contributed by atoms with Gasteiger partial charge in [-0.3, -0.25) is 0 Å². The summed E-state index contributed by atoms with van der Waals surface area (Å²) in [6, 6.07) is 0.310. The SMILES string of the molecule is CC(C)OC(=O)NC1CCCSC1. The van der Waals surface area contributed by atoms with E-state index in [1.807, 2.05) is 25.6 Å². The van der Waals surface area contributed by atoms with Crippen LogP contribution < -0.4 is 5.32 Å². The summed E-state index contributed by atoms with van der Waals surface area (Å²) in [5.74, 6) is 2.24. The fourth-order valence-electron chi connectivity index (χ4n) is 1.27. The van der Waals surface area contributed by atoms with E-state index in [9.17, 15) is 4.79 Å². The highest BCUT2D eigenvalue weighted by atomic mass is 32.2. The second-order valence-corrected chi connectivity index (χ2v) is 4.66. The number of hydrogen-bond donors (Lipinski definition) is 1. The number of rotatable bonds is 2. The number of alkyl carbamates (subject to hydrolysis) is 1. The molecule has 0 aromatic rings. The van der Waals surface area contributed by atoms with E-state index in [1.54, 1.807) is 0 Å². The first kappa shape index (κ1) is 10.7. The van der Waals surface area contributed by atoms with Crippen molar-refractivity contribution in [2.45, 2.75) is 38.8 Å². The van der Waals surface area contributed by atoms with Gasteiger partial charge in [0.05, 0.1) is 6.10 Å². The van der Waals surface area contributed by atoms with Gasteiger partial charge in [-0.15, -0.1) is 0 Å². The molecule has 1 unspecified atom stereocenters. The summed E-state index contributed by atoms with van der Waals surface area (Å²) in [4.78, 5) is 11.2. The van der Waals surface area contributed by atoms with E-state index in [0.29, 0.717) is 6.04 Å². The highest BCUT2D eigenvalue weighted by Crippen LogP contribution is 2.16. The highest BCUT2D eigenvalue weighted by molar-refractivity contribution is 7.99. The fourth-order valence-corrected chi connectivity index (χ4v) is 2.34.